The van der Waals surface area contributed by atoms with Crippen LogP contribution in [0.3, 0.4) is 0 Å². The Morgan fingerprint density at radius 2 is 1.97 bits per heavy atom. The van der Waals surface area contributed by atoms with Crippen LogP contribution in [0.4, 0.5) is 4.39 Å². The van der Waals surface area contributed by atoms with E-state index in [9.17, 15) is 34.2 Å². The van der Waals surface area contributed by atoms with Gasteiger partial charge in [-0.3, -0.25) is 14.1 Å². The number of aliphatic hydroxyl groups excluding tert-OH is 2. The van der Waals surface area contributed by atoms with Crippen molar-refractivity contribution in [2.75, 3.05) is 6.61 Å². The van der Waals surface area contributed by atoms with Crippen molar-refractivity contribution in [3.05, 3.63) is 23.8 Å². The van der Waals surface area contributed by atoms with E-state index in [-0.39, 0.29) is 49.6 Å². The Morgan fingerprint density at radius 3 is 2.55 bits per heavy atom. The van der Waals surface area contributed by atoms with Gasteiger partial charge in [0.2, 0.25) is 0 Å². The molecule has 11 heteroatoms. The summed E-state index contributed by atoms with van der Waals surface area (Å²) in [7, 11) is -5.17. The van der Waals surface area contributed by atoms with Gasteiger partial charge in [0, 0.05) is 16.7 Å². The molecule has 180 valence electrons. The van der Waals surface area contributed by atoms with Gasteiger partial charge in [-0.2, -0.15) is 0 Å². The van der Waals surface area contributed by atoms with E-state index in [1.54, 1.807) is 20.8 Å². The minimum atomic E-state index is -5.17. The summed E-state index contributed by atoms with van der Waals surface area (Å²) in [5.41, 5.74) is -6.13. The maximum Gasteiger partial charge on any atom is 1.00 e. The van der Waals surface area contributed by atoms with Gasteiger partial charge in [-0.05, 0) is 56.6 Å². The number of hydrogen-bond donors (Lipinski definition) is 4. The first-order chi connectivity index (χ1) is 14.7. The Hall–Kier alpha value is -0.220. The third-order valence-corrected chi connectivity index (χ3v) is 9.53. The fourth-order valence-electron chi connectivity index (χ4n) is 7.67. The van der Waals surface area contributed by atoms with Crippen molar-refractivity contribution in [3.63, 3.8) is 0 Å². The van der Waals surface area contributed by atoms with Crippen LogP contribution in [-0.4, -0.2) is 55.5 Å². The van der Waals surface area contributed by atoms with Crippen LogP contribution in [0.1, 0.15) is 47.9 Å². The minimum Gasteiger partial charge on any atom is -1.00 e. The molecule has 0 heterocycles. The van der Waals surface area contributed by atoms with Crippen molar-refractivity contribution in [1.82, 2.24) is 0 Å². The van der Waals surface area contributed by atoms with Gasteiger partial charge < -0.3 is 21.4 Å². The average Bonchev–Trinajstić information content (AvgIpc) is 2.90. The number of ketones is 2. The van der Waals surface area contributed by atoms with Crippen molar-refractivity contribution in [1.29, 1.82) is 0 Å². The molecule has 0 radical (unpaired) electrons. The molecule has 8 nitrogen and oxygen atoms in total. The quantitative estimate of drug-likeness (QED) is 0.291. The van der Waals surface area contributed by atoms with Gasteiger partial charge in [0.25, 0.3) is 0 Å². The molecule has 3 saturated carbocycles. The van der Waals surface area contributed by atoms with E-state index < -0.39 is 66.2 Å². The zero-order chi connectivity index (χ0) is 23.9. The zero-order valence-corrected chi connectivity index (χ0v) is 22.2. The molecule has 0 aliphatic heterocycles. The fraction of sp³-hybridized carbons (Fsp3) is 0.727. The van der Waals surface area contributed by atoms with E-state index >= 15 is 4.39 Å². The first-order valence-electron chi connectivity index (χ1n) is 10.9. The molecule has 0 saturated heterocycles. The van der Waals surface area contributed by atoms with Gasteiger partial charge in [-0.15, -0.1) is 0 Å². The molecule has 33 heavy (non-hydrogen) atoms. The van der Waals surface area contributed by atoms with Crippen molar-refractivity contribution in [2.24, 2.45) is 28.6 Å². The SMILES string of the molecule is C[C@@H]1C[C@H]2[C@@H]3CCC4=CC(=O)C=C[C@]4(C)[C@@]3(F)[C@@H](O)C[C@]2(C)[C@@]1(OP(=O)(O)O)C(=O)CO.[H-].[Na+]. The van der Waals surface area contributed by atoms with Crippen LogP contribution in [-0.2, 0) is 18.7 Å². The van der Waals surface area contributed by atoms with Gasteiger partial charge >= 0.3 is 37.4 Å². The van der Waals surface area contributed by atoms with E-state index in [2.05, 4.69) is 0 Å². The topological polar surface area (TPSA) is 141 Å². The molecule has 4 rings (SSSR count). The van der Waals surface area contributed by atoms with Crippen molar-refractivity contribution >= 4 is 19.4 Å². The molecule has 4 N–H and O–H groups in total. The summed E-state index contributed by atoms with van der Waals surface area (Å²) in [4.78, 5) is 44.2. The van der Waals surface area contributed by atoms with Crippen LogP contribution in [0.2, 0.25) is 0 Å². The smallest absolute Gasteiger partial charge is 1.00 e. The van der Waals surface area contributed by atoms with Crippen LogP contribution in [0.15, 0.2) is 23.8 Å². The predicted octanol–water partition coefficient (Wildman–Crippen LogP) is -0.871. The summed E-state index contributed by atoms with van der Waals surface area (Å²) in [6, 6.07) is 0. The predicted molar refractivity (Wildman–Crippen MR) is 112 cm³/mol. The van der Waals surface area contributed by atoms with Crippen LogP contribution in [0.5, 0.6) is 0 Å². The molecule has 0 amide bonds. The largest absolute Gasteiger partial charge is 1.00 e. The van der Waals surface area contributed by atoms with Crippen LogP contribution < -0.4 is 29.6 Å². The molecule has 0 spiro atoms. The third kappa shape index (κ3) is 3.50. The fourth-order valence-corrected chi connectivity index (χ4v) is 8.54. The monoisotopic (exact) mass is 496 g/mol. The first-order valence-corrected chi connectivity index (χ1v) is 12.4. The number of phosphoric acid groups is 1. The number of aliphatic hydroxyl groups is 2. The number of phosphoric ester groups is 1. The summed E-state index contributed by atoms with van der Waals surface area (Å²) >= 11 is 0. The van der Waals surface area contributed by atoms with Gasteiger partial charge in [-0.25, -0.2) is 8.96 Å². The molecule has 0 bridgehead atoms. The molecular weight excluding hydrogens is 465 g/mol. The molecule has 4 aliphatic carbocycles. The van der Waals surface area contributed by atoms with Gasteiger partial charge in [0.1, 0.15) is 12.2 Å². The van der Waals surface area contributed by atoms with E-state index in [1.165, 1.54) is 18.2 Å². The van der Waals surface area contributed by atoms with Gasteiger partial charge in [0.05, 0.1) is 6.10 Å². The molecular formula is C22H31FNaO8P. The number of carbonyl (C=O) groups is 2. The Kier molecular flexibility index (Phi) is 6.99. The van der Waals surface area contributed by atoms with Crippen LogP contribution in [0.25, 0.3) is 0 Å². The second-order valence-corrected chi connectivity index (χ2v) is 11.5. The second kappa shape index (κ2) is 8.43. The summed E-state index contributed by atoms with van der Waals surface area (Å²) in [5, 5.41) is 21.0. The Labute approximate surface area is 215 Å². The zero-order valence-electron chi connectivity index (χ0n) is 20.3. The molecule has 8 atom stereocenters. The molecule has 3 fully saturated rings. The van der Waals surface area contributed by atoms with E-state index in [4.69, 9.17) is 4.52 Å². The molecule has 0 unspecified atom stereocenters. The summed E-state index contributed by atoms with van der Waals surface area (Å²) in [5.74, 6) is -3.13. The number of carbonyl (C=O) groups excluding carboxylic acids is 2. The van der Waals surface area contributed by atoms with Crippen molar-refractivity contribution in [3.8, 4) is 0 Å². The average molecular weight is 496 g/mol. The number of fused-ring (bicyclic) bond motifs is 5. The Balaban J connectivity index is 0.00000204. The number of allylic oxidation sites excluding steroid dienone is 4. The van der Waals surface area contributed by atoms with Crippen LogP contribution in [0, 0.1) is 28.6 Å². The van der Waals surface area contributed by atoms with Crippen molar-refractivity contribution in [2.45, 2.75) is 63.8 Å². The van der Waals surface area contributed by atoms with Crippen molar-refractivity contribution < 1.29 is 74.1 Å². The molecule has 0 aromatic rings. The first kappa shape index (κ1) is 27.4. The number of hydrogen-bond acceptors (Lipinski definition) is 6. The summed E-state index contributed by atoms with van der Waals surface area (Å²) < 4.78 is 34.2. The number of Topliss-reactive ketones (excluding diaryl/α,β-unsaturated/α-hetero) is 1. The van der Waals surface area contributed by atoms with E-state index in [1.807, 2.05) is 0 Å². The maximum absolute atomic E-state index is 17.1. The van der Waals surface area contributed by atoms with Gasteiger partial charge in [0.15, 0.2) is 17.2 Å². The third-order valence-electron chi connectivity index (χ3n) is 9.00. The second-order valence-electron chi connectivity index (χ2n) is 10.3. The molecule has 4 aliphatic rings. The molecule has 0 aromatic heterocycles. The minimum absolute atomic E-state index is 0. The summed E-state index contributed by atoms with van der Waals surface area (Å²) in [6.45, 7) is 3.87. The number of alkyl halides is 1. The number of halogens is 1. The van der Waals surface area contributed by atoms with E-state index in [0.717, 1.165) is 0 Å². The maximum atomic E-state index is 17.1. The Morgan fingerprint density at radius 1 is 1.33 bits per heavy atom. The standard InChI is InChI=1S/C22H30FO8P.Na.H/c1-12-8-16-15-5-4-13-9-14(25)6-7-19(13,2)21(15,23)17(26)10-20(16,3)22(12,18(27)11-24)31-32(28,29)30;;/h6-7,9,12,15-17,24,26H,4-5,8,10-11H2,1-3H3,(H2,28,29,30);;/q;+1;-1/t12-,15+,16+,17+,19+,20+,21+,22+;;/m1../s1. The number of rotatable bonds is 4. The Bertz CT molecular complexity index is 986. The molecule has 0 aromatic carbocycles. The van der Waals surface area contributed by atoms with E-state index in [0.29, 0.717) is 18.4 Å². The normalized spacial score (nSPS) is 46.5. The summed E-state index contributed by atoms with van der Waals surface area (Å²) in [6.07, 6.45) is 3.34. The van der Waals surface area contributed by atoms with Gasteiger partial charge in [-0.1, -0.05) is 25.5 Å². The van der Waals surface area contributed by atoms with Crippen LogP contribution >= 0.6 is 7.82 Å².